The highest BCUT2D eigenvalue weighted by molar-refractivity contribution is 5.75. The summed E-state index contributed by atoms with van der Waals surface area (Å²) in [5.41, 5.74) is -0.947. The van der Waals surface area contributed by atoms with Crippen LogP contribution in [0.5, 0.6) is 0 Å². The van der Waals surface area contributed by atoms with Gasteiger partial charge in [0, 0.05) is 45.0 Å². The second-order valence-electron chi connectivity index (χ2n) is 6.35. The van der Waals surface area contributed by atoms with Crippen LogP contribution in [0.4, 0.5) is 5.82 Å². The van der Waals surface area contributed by atoms with E-state index in [1.54, 1.807) is 29.6 Å². The lowest BCUT2D eigenvalue weighted by Gasteiger charge is -2.39. The third-order valence-corrected chi connectivity index (χ3v) is 4.30. The molecule has 9 nitrogen and oxygen atoms in total. The number of hydrogen-bond donors (Lipinski definition) is 2. The van der Waals surface area contributed by atoms with E-state index < -0.39 is 5.60 Å². The summed E-state index contributed by atoms with van der Waals surface area (Å²) in [4.78, 5) is 26.2. The van der Waals surface area contributed by atoms with Gasteiger partial charge in [-0.25, -0.2) is 9.97 Å². The molecule has 2 aromatic heterocycles. The van der Waals surface area contributed by atoms with Crippen molar-refractivity contribution in [3.05, 3.63) is 31.2 Å². The first-order chi connectivity index (χ1) is 12.1. The first kappa shape index (κ1) is 17.3. The van der Waals surface area contributed by atoms with Crippen LogP contribution < -0.4 is 10.2 Å². The SMILES string of the molecule is O=C(CCCn1cncn1)NC[C@]1(O)CCCN(c2cnccn2)C1. The molecule has 2 N–H and O–H groups in total. The van der Waals surface area contributed by atoms with Crippen molar-refractivity contribution in [1.82, 2.24) is 30.0 Å². The zero-order valence-corrected chi connectivity index (χ0v) is 14.1. The molecule has 3 rings (SSSR count). The highest BCUT2D eigenvalue weighted by atomic mass is 16.3. The summed E-state index contributed by atoms with van der Waals surface area (Å²) in [7, 11) is 0. The second kappa shape index (κ2) is 8.02. The average molecular weight is 345 g/mol. The predicted octanol–water partition coefficient (Wildman–Crippen LogP) is -0.00400. The molecule has 25 heavy (non-hydrogen) atoms. The van der Waals surface area contributed by atoms with Gasteiger partial charge in [-0.05, 0) is 19.3 Å². The molecule has 0 spiro atoms. The Labute approximate surface area is 146 Å². The third kappa shape index (κ3) is 4.96. The minimum atomic E-state index is -0.947. The number of hydrogen-bond acceptors (Lipinski definition) is 7. The van der Waals surface area contributed by atoms with Gasteiger partial charge in [0.2, 0.25) is 5.91 Å². The van der Waals surface area contributed by atoms with E-state index in [1.165, 1.54) is 6.33 Å². The summed E-state index contributed by atoms with van der Waals surface area (Å²) in [6.45, 7) is 2.15. The van der Waals surface area contributed by atoms with Gasteiger partial charge in [-0.3, -0.25) is 14.5 Å². The molecule has 1 aliphatic rings. The molecule has 0 saturated carbocycles. The van der Waals surface area contributed by atoms with Crippen LogP contribution in [-0.4, -0.2) is 61.0 Å². The molecule has 1 saturated heterocycles. The van der Waals surface area contributed by atoms with E-state index in [0.717, 1.165) is 18.8 Å². The monoisotopic (exact) mass is 345 g/mol. The molecule has 3 heterocycles. The molecule has 0 unspecified atom stereocenters. The normalized spacial score (nSPS) is 20.4. The average Bonchev–Trinajstić information content (AvgIpc) is 3.14. The van der Waals surface area contributed by atoms with Gasteiger partial charge in [-0.2, -0.15) is 5.10 Å². The van der Waals surface area contributed by atoms with E-state index >= 15 is 0 Å². The molecule has 134 valence electrons. The van der Waals surface area contributed by atoms with Crippen molar-refractivity contribution in [3.63, 3.8) is 0 Å². The lowest BCUT2D eigenvalue weighted by Crippen LogP contribution is -2.54. The number of aryl methyl sites for hydroxylation is 1. The molecule has 1 amide bonds. The first-order valence-electron chi connectivity index (χ1n) is 8.47. The minimum absolute atomic E-state index is 0.0647. The summed E-state index contributed by atoms with van der Waals surface area (Å²) < 4.78 is 1.70. The number of β-amino-alcohol motifs (C(OH)–C–C–N with tert-alkyl or cyclic N) is 1. The van der Waals surface area contributed by atoms with Crippen LogP contribution >= 0.6 is 0 Å². The summed E-state index contributed by atoms with van der Waals surface area (Å²) in [5.74, 6) is 0.685. The summed E-state index contributed by atoms with van der Waals surface area (Å²) >= 11 is 0. The predicted molar refractivity (Wildman–Crippen MR) is 90.7 cm³/mol. The molecular formula is C16H23N7O2. The zero-order chi connectivity index (χ0) is 17.5. The van der Waals surface area contributed by atoms with Crippen molar-refractivity contribution >= 4 is 11.7 Å². The number of nitrogens with zero attached hydrogens (tertiary/aromatic N) is 6. The number of anilines is 1. The quantitative estimate of drug-likeness (QED) is 0.727. The Kier molecular flexibility index (Phi) is 5.54. The molecule has 1 aliphatic heterocycles. The van der Waals surface area contributed by atoms with Crippen LogP contribution in [0.15, 0.2) is 31.2 Å². The topological polar surface area (TPSA) is 109 Å². The first-order valence-corrected chi connectivity index (χ1v) is 8.47. The number of rotatable bonds is 7. The molecular weight excluding hydrogens is 322 g/mol. The summed E-state index contributed by atoms with van der Waals surface area (Å²) in [6.07, 6.45) is 10.6. The van der Waals surface area contributed by atoms with E-state index in [1.807, 2.05) is 4.90 Å². The van der Waals surface area contributed by atoms with Crippen molar-refractivity contribution in [2.24, 2.45) is 0 Å². The largest absolute Gasteiger partial charge is 0.386 e. The van der Waals surface area contributed by atoms with E-state index in [2.05, 4.69) is 25.4 Å². The van der Waals surface area contributed by atoms with Crippen molar-refractivity contribution in [3.8, 4) is 0 Å². The smallest absolute Gasteiger partial charge is 0.220 e. The Hall–Kier alpha value is -2.55. The van der Waals surface area contributed by atoms with Gasteiger partial charge in [0.1, 0.15) is 18.5 Å². The zero-order valence-electron chi connectivity index (χ0n) is 14.1. The number of nitrogens with one attached hydrogen (secondary N) is 1. The molecule has 1 fully saturated rings. The van der Waals surface area contributed by atoms with Crippen LogP contribution in [0.2, 0.25) is 0 Å². The Morgan fingerprint density at radius 3 is 3.04 bits per heavy atom. The maximum absolute atomic E-state index is 12.0. The third-order valence-electron chi connectivity index (χ3n) is 4.30. The minimum Gasteiger partial charge on any atom is -0.386 e. The van der Waals surface area contributed by atoms with Crippen LogP contribution in [0.25, 0.3) is 0 Å². The van der Waals surface area contributed by atoms with Gasteiger partial charge in [-0.15, -0.1) is 0 Å². The van der Waals surface area contributed by atoms with Gasteiger partial charge < -0.3 is 15.3 Å². The summed E-state index contributed by atoms with van der Waals surface area (Å²) in [6, 6.07) is 0. The lowest BCUT2D eigenvalue weighted by molar-refractivity contribution is -0.122. The number of carbonyl (C=O) groups is 1. The van der Waals surface area contributed by atoms with Gasteiger partial charge in [0.05, 0.1) is 11.8 Å². The van der Waals surface area contributed by atoms with Crippen molar-refractivity contribution in [2.45, 2.75) is 37.8 Å². The second-order valence-corrected chi connectivity index (χ2v) is 6.35. The number of carbonyl (C=O) groups excluding carboxylic acids is 1. The number of amides is 1. The highest BCUT2D eigenvalue weighted by Crippen LogP contribution is 2.23. The number of piperidine rings is 1. The van der Waals surface area contributed by atoms with Gasteiger partial charge >= 0.3 is 0 Å². The standard InChI is InChI=1S/C16H23N7O2/c24-15(3-1-8-23-13-18-12-21-23)20-10-16(25)4-2-7-22(11-16)14-9-17-5-6-19-14/h5-6,9,12-13,25H,1-4,7-8,10-11H2,(H,20,24)/t16-/m1/s1. The van der Waals surface area contributed by atoms with Gasteiger partial charge in [0.15, 0.2) is 0 Å². The van der Waals surface area contributed by atoms with Crippen LogP contribution in [0, 0.1) is 0 Å². The van der Waals surface area contributed by atoms with Crippen molar-refractivity contribution in [1.29, 1.82) is 0 Å². The maximum Gasteiger partial charge on any atom is 0.220 e. The Morgan fingerprint density at radius 1 is 1.36 bits per heavy atom. The highest BCUT2D eigenvalue weighted by Gasteiger charge is 2.34. The molecule has 0 aromatic carbocycles. The fourth-order valence-corrected chi connectivity index (χ4v) is 3.01. The molecule has 2 aromatic rings. The molecule has 0 aliphatic carbocycles. The van der Waals surface area contributed by atoms with Crippen LogP contribution in [-0.2, 0) is 11.3 Å². The molecule has 0 radical (unpaired) electrons. The maximum atomic E-state index is 12.0. The Balaban J connectivity index is 1.44. The van der Waals surface area contributed by atoms with Crippen LogP contribution in [0.1, 0.15) is 25.7 Å². The van der Waals surface area contributed by atoms with Gasteiger partial charge in [0.25, 0.3) is 0 Å². The Morgan fingerprint density at radius 2 is 2.28 bits per heavy atom. The molecule has 0 bridgehead atoms. The number of aliphatic hydroxyl groups is 1. The van der Waals surface area contributed by atoms with E-state index in [4.69, 9.17) is 0 Å². The van der Waals surface area contributed by atoms with Crippen molar-refractivity contribution in [2.75, 3.05) is 24.5 Å². The lowest BCUT2D eigenvalue weighted by atomic mass is 9.92. The van der Waals surface area contributed by atoms with E-state index in [9.17, 15) is 9.90 Å². The van der Waals surface area contributed by atoms with E-state index in [0.29, 0.717) is 32.4 Å². The Bertz CT molecular complexity index is 664. The van der Waals surface area contributed by atoms with Gasteiger partial charge in [-0.1, -0.05) is 0 Å². The molecule has 9 heteroatoms. The van der Waals surface area contributed by atoms with Crippen molar-refractivity contribution < 1.29 is 9.90 Å². The summed E-state index contributed by atoms with van der Waals surface area (Å²) in [5, 5.41) is 17.6. The number of aromatic nitrogens is 5. The van der Waals surface area contributed by atoms with E-state index in [-0.39, 0.29) is 12.5 Å². The molecule has 1 atom stereocenters. The fourth-order valence-electron chi connectivity index (χ4n) is 3.01. The van der Waals surface area contributed by atoms with Crippen LogP contribution in [0.3, 0.4) is 0 Å². The fraction of sp³-hybridized carbons (Fsp3) is 0.562.